The summed E-state index contributed by atoms with van der Waals surface area (Å²) >= 11 is 6.22. The Morgan fingerprint density at radius 3 is 2.40 bits per heavy atom. The van der Waals surface area contributed by atoms with Crippen molar-refractivity contribution in [3.8, 4) is 0 Å². The van der Waals surface area contributed by atoms with Gasteiger partial charge in [-0.1, -0.05) is 23.8 Å². The zero-order valence-electron chi connectivity index (χ0n) is 12.6. The number of nitrogens with zero attached hydrogens (tertiary/aromatic N) is 2. The van der Waals surface area contributed by atoms with Gasteiger partial charge in [0.05, 0.1) is 5.02 Å². The largest absolute Gasteiger partial charge is 0.349 e. The van der Waals surface area contributed by atoms with Crippen molar-refractivity contribution in [2.75, 3.05) is 18.0 Å². The Morgan fingerprint density at radius 1 is 1.30 bits per heavy atom. The minimum atomic E-state index is 0.0503. The number of pyridine rings is 1. The lowest BCUT2D eigenvalue weighted by Crippen LogP contribution is -2.35. The lowest BCUT2D eigenvalue weighted by atomic mass is 10.1. The van der Waals surface area contributed by atoms with Crippen LogP contribution in [0.15, 0.2) is 37.6 Å². The van der Waals surface area contributed by atoms with Gasteiger partial charge in [0, 0.05) is 31.4 Å². The Kier molecular flexibility index (Phi) is 6.24. The molecule has 0 spiro atoms. The van der Waals surface area contributed by atoms with Crippen LogP contribution in [0.5, 0.6) is 0 Å². The van der Waals surface area contributed by atoms with E-state index in [1.54, 1.807) is 6.20 Å². The van der Waals surface area contributed by atoms with Gasteiger partial charge in [0.15, 0.2) is 0 Å². The van der Waals surface area contributed by atoms with Crippen LogP contribution in [0.1, 0.15) is 26.3 Å². The summed E-state index contributed by atoms with van der Waals surface area (Å²) in [5.74, 6) is 0.889. The molecule has 0 unspecified atom stereocenters. The van der Waals surface area contributed by atoms with Gasteiger partial charge in [-0.2, -0.15) is 0 Å². The molecule has 0 saturated carbocycles. The van der Waals surface area contributed by atoms with Gasteiger partial charge < -0.3 is 10.2 Å². The van der Waals surface area contributed by atoms with E-state index in [-0.39, 0.29) is 5.54 Å². The molecular weight excluding hydrogens is 270 g/mol. The Hall–Kier alpha value is -1.32. The number of hydrogen-bond acceptors (Lipinski definition) is 3. The van der Waals surface area contributed by atoms with Crippen molar-refractivity contribution >= 4 is 17.4 Å². The molecule has 0 atom stereocenters. The zero-order valence-corrected chi connectivity index (χ0v) is 13.4. The first-order chi connectivity index (χ1) is 9.37. The minimum absolute atomic E-state index is 0.0503. The van der Waals surface area contributed by atoms with Gasteiger partial charge in [0.2, 0.25) is 0 Å². The number of rotatable bonds is 7. The van der Waals surface area contributed by atoms with E-state index in [4.69, 9.17) is 11.6 Å². The highest BCUT2D eigenvalue weighted by molar-refractivity contribution is 6.31. The third-order valence-electron chi connectivity index (χ3n) is 2.75. The second-order valence-corrected chi connectivity index (χ2v) is 6.13. The maximum Gasteiger partial charge on any atom is 0.129 e. The standard InChI is InChI=1S/C16H24ClN3/c1-6-8-20(9-7-2)15-10-13(14(17)12-18-15)11-19-16(3,4)5/h6-7,10,12,19H,1-2,8-9,11H2,3-5H3. The molecular formula is C16H24ClN3. The molecule has 0 radical (unpaired) electrons. The maximum atomic E-state index is 6.22. The fourth-order valence-corrected chi connectivity index (χ4v) is 1.88. The molecule has 1 aromatic rings. The summed E-state index contributed by atoms with van der Waals surface area (Å²) in [7, 11) is 0. The van der Waals surface area contributed by atoms with Gasteiger partial charge in [-0.05, 0) is 32.4 Å². The van der Waals surface area contributed by atoms with Crippen LogP contribution in [0.2, 0.25) is 5.02 Å². The van der Waals surface area contributed by atoms with Crippen LogP contribution in [0.25, 0.3) is 0 Å². The third-order valence-corrected chi connectivity index (χ3v) is 3.09. The average Bonchev–Trinajstić information content (AvgIpc) is 2.36. The molecule has 1 aromatic heterocycles. The van der Waals surface area contributed by atoms with Crippen molar-refractivity contribution in [3.05, 3.63) is 48.2 Å². The Balaban J connectivity index is 2.93. The SMILES string of the molecule is C=CCN(CC=C)c1cc(CNC(C)(C)C)c(Cl)cn1. The minimum Gasteiger partial charge on any atom is -0.349 e. The summed E-state index contributed by atoms with van der Waals surface area (Å²) in [6.07, 6.45) is 5.41. The first-order valence-electron chi connectivity index (χ1n) is 6.73. The Bertz CT molecular complexity index is 453. The summed E-state index contributed by atoms with van der Waals surface area (Å²) in [6.45, 7) is 16.1. The molecule has 110 valence electrons. The smallest absolute Gasteiger partial charge is 0.129 e. The second-order valence-electron chi connectivity index (χ2n) is 5.72. The molecule has 3 nitrogen and oxygen atoms in total. The average molecular weight is 294 g/mol. The lowest BCUT2D eigenvalue weighted by Gasteiger charge is -2.23. The van der Waals surface area contributed by atoms with E-state index < -0.39 is 0 Å². The number of hydrogen-bond donors (Lipinski definition) is 1. The van der Waals surface area contributed by atoms with E-state index in [0.717, 1.165) is 24.5 Å². The lowest BCUT2D eigenvalue weighted by molar-refractivity contribution is 0.424. The molecule has 0 fully saturated rings. The fraction of sp³-hybridized carbons (Fsp3) is 0.438. The van der Waals surface area contributed by atoms with E-state index in [9.17, 15) is 0 Å². The summed E-state index contributed by atoms with van der Waals surface area (Å²) in [4.78, 5) is 6.49. The van der Waals surface area contributed by atoms with Crippen LogP contribution in [0.3, 0.4) is 0 Å². The van der Waals surface area contributed by atoms with Crippen molar-refractivity contribution in [1.29, 1.82) is 0 Å². The van der Waals surface area contributed by atoms with Gasteiger partial charge in [0.1, 0.15) is 5.82 Å². The van der Waals surface area contributed by atoms with E-state index >= 15 is 0 Å². The second kappa shape index (κ2) is 7.46. The quantitative estimate of drug-likeness (QED) is 0.775. The third kappa shape index (κ3) is 5.35. The van der Waals surface area contributed by atoms with Crippen molar-refractivity contribution in [2.24, 2.45) is 0 Å². The Labute approximate surface area is 127 Å². The maximum absolute atomic E-state index is 6.22. The van der Waals surface area contributed by atoms with E-state index in [1.165, 1.54) is 0 Å². The van der Waals surface area contributed by atoms with Gasteiger partial charge in [-0.3, -0.25) is 0 Å². The van der Waals surface area contributed by atoms with Crippen LogP contribution in [0.4, 0.5) is 5.82 Å². The van der Waals surface area contributed by atoms with Crippen molar-refractivity contribution < 1.29 is 0 Å². The monoisotopic (exact) mass is 293 g/mol. The van der Waals surface area contributed by atoms with Crippen LogP contribution in [-0.4, -0.2) is 23.6 Å². The Morgan fingerprint density at radius 2 is 1.90 bits per heavy atom. The van der Waals surface area contributed by atoms with Crippen LogP contribution >= 0.6 is 11.6 Å². The number of anilines is 1. The molecule has 0 aromatic carbocycles. The molecule has 20 heavy (non-hydrogen) atoms. The molecule has 1 N–H and O–H groups in total. The van der Waals surface area contributed by atoms with Crippen LogP contribution in [-0.2, 0) is 6.54 Å². The van der Waals surface area contributed by atoms with E-state index in [0.29, 0.717) is 11.6 Å². The first kappa shape index (κ1) is 16.7. The van der Waals surface area contributed by atoms with Gasteiger partial charge >= 0.3 is 0 Å². The highest BCUT2D eigenvalue weighted by atomic mass is 35.5. The molecule has 1 rings (SSSR count). The summed E-state index contributed by atoms with van der Waals surface area (Å²) in [6, 6.07) is 2.02. The van der Waals surface area contributed by atoms with E-state index in [1.807, 2.05) is 18.2 Å². The van der Waals surface area contributed by atoms with E-state index in [2.05, 4.69) is 49.1 Å². The fourth-order valence-electron chi connectivity index (χ4n) is 1.71. The number of aromatic nitrogens is 1. The molecule has 0 aliphatic heterocycles. The zero-order chi connectivity index (χ0) is 15.2. The van der Waals surface area contributed by atoms with Crippen LogP contribution < -0.4 is 10.2 Å². The summed E-state index contributed by atoms with van der Waals surface area (Å²) in [5, 5.41) is 4.12. The molecule has 1 heterocycles. The van der Waals surface area contributed by atoms with Gasteiger partial charge in [-0.25, -0.2) is 4.98 Å². The molecule has 0 bridgehead atoms. The number of halogens is 1. The highest BCUT2D eigenvalue weighted by Crippen LogP contribution is 2.21. The van der Waals surface area contributed by atoms with Crippen molar-refractivity contribution in [1.82, 2.24) is 10.3 Å². The van der Waals surface area contributed by atoms with Crippen molar-refractivity contribution in [2.45, 2.75) is 32.9 Å². The first-order valence-corrected chi connectivity index (χ1v) is 7.11. The van der Waals surface area contributed by atoms with Crippen molar-refractivity contribution in [3.63, 3.8) is 0 Å². The summed E-state index contributed by atoms with van der Waals surface area (Å²) < 4.78 is 0. The molecule has 0 aliphatic rings. The molecule has 0 saturated heterocycles. The number of nitrogens with one attached hydrogen (secondary N) is 1. The van der Waals surface area contributed by atoms with Gasteiger partial charge in [-0.15, -0.1) is 13.2 Å². The van der Waals surface area contributed by atoms with Crippen LogP contribution in [0, 0.1) is 0 Å². The predicted molar refractivity (Wildman–Crippen MR) is 88.4 cm³/mol. The molecule has 4 heteroatoms. The van der Waals surface area contributed by atoms with Gasteiger partial charge in [0.25, 0.3) is 0 Å². The molecule has 0 aliphatic carbocycles. The molecule has 0 amide bonds. The normalized spacial score (nSPS) is 11.2. The topological polar surface area (TPSA) is 28.2 Å². The highest BCUT2D eigenvalue weighted by Gasteiger charge is 2.12. The predicted octanol–water partition coefficient (Wildman–Crippen LogP) is 3.80. The summed E-state index contributed by atoms with van der Waals surface area (Å²) in [5.41, 5.74) is 1.10.